The van der Waals surface area contributed by atoms with Crippen LogP contribution in [0.5, 0.6) is 0 Å². The van der Waals surface area contributed by atoms with Gasteiger partial charge in [0.2, 0.25) is 0 Å². The van der Waals surface area contributed by atoms with Crippen molar-refractivity contribution in [2.24, 2.45) is 16.7 Å². The van der Waals surface area contributed by atoms with E-state index in [9.17, 15) is 5.11 Å². The number of fused-ring (bicyclic) bond motifs is 1. The second-order valence-corrected chi connectivity index (χ2v) is 6.79. The molecule has 15 heavy (non-hydrogen) atoms. The summed E-state index contributed by atoms with van der Waals surface area (Å²) in [6.45, 7) is 9.30. The molecule has 0 spiro atoms. The lowest BCUT2D eigenvalue weighted by Gasteiger charge is -2.63. The van der Waals surface area contributed by atoms with Gasteiger partial charge in [0.05, 0.1) is 5.60 Å². The molecule has 3 atom stereocenters. The maximum Gasteiger partial charge on any atom is 0.0731 e. The summed E-state index contributed by atoms with van der Waals surface area (Å²) in [6.07, 6.45) is 7.21. The zero-order chi connectivity index (χ0) is 11.3. The molecule has 0 unspecified atom stereocenters. The van der Waals surface area contributed by atoms with E-state index in [-0.39, 0.29) is 5.41 Å². The van der Waals surface area contributed by atoms with Crippen molar-refractivity contribution in [2.75, 3.05) is 0 Å². The van der Waals surface area contributed by atoms with Crippen LogP contribution in [0.3, 0.4) is 0 Å². The Labute approximate surface area is 94.3 Å². The third-order valence-corrected chi connectivity index (χ3v) is 5.95. The lowest BCUT2D eigenvalue weighted by atomic mass is 9.45. The summed E-state index contributed by atoms with van der Waals surface area (Å²) in [7, 11) is 0. The normalized spacial score (nSPS) is 49.8. The molecular formula is C14H26O. The highest BCUT2D eigenvalue weighted by atomic mass is 16.3. The molecule has 0 saturated heterocycles. The Balaban J connectivity index is 2.42. The quantitative estimate of drug-likeness (QED) is 0.645. The molecule has 1 nitrogen and oxygen atoms in total. The lowest BCUT2D eigenvalue weighted by molar-refractivity contribution is -0.217. The molecule has 0 bridgehead atoms. The molecule has 0 aromatic rings. The van der Waals surface area contributed by atoms with Gasteiger partial charge in [-0.05, 0) is 37.0 Å². The van der Waals surface area contributed by atoms with Gasteiger partial charge in [-0.2, -0.15) is 0 Å². The average molecular weight is 210 g/mol. The van der Waals surface area contributed by atoms with Crippen LogP contribution in [0.1, 0.15) is 66.2 Å². The molecule has 0 heterocycles. The largest absolute Gasteiger partial charge is 0.389 e. The number of hydrogen-bond acceptors (Lipinski definition) is 1. The van der Waals surface area contributed by atoms with Gasteiger partial charge >= 0.3 is 0 Å². The molecule has 0 aliphatic heterocycles. The third-order valence-electron chi connectivity index (χ3n) is 5.95. The highest BCUT2D eigenvalue weighted by Gasteiger charge is 2.60. The van der Waals surface area contributed by atoms with E-state index < -0.39 is 5.60 Å². The molecule has 0 amide bonds. The predicted octanol–water partition coefficient (Wildman–Crippen LogP) is 3.75. The molecule has 2 aliphatic carbocycles. The minimum atomic E-state index is -0.396. The zero-order valence-electron chi connectivity index (χ0n) is 10.8. The van der Waals surface area contributed by atoms with Crippen molar-refractivity contribution < 1.29 is 5.11 Å². The minimum absolute atomic E-state index is 0.135. The summed E-state index contributed by atoms with van der Waals surface area (Å²) in [6, 6.07) is 0. The molecule has 0 aromatic heterocycles. The molecule has 2 fully saturated rings. The van der Waals surface area contributed by atoms with Gasteiger partial charge in [0.1, 0.15) is 0 Å². The fraction of sp³-hybridized carbons (Fsp3) is 1.00. The van der Waals surface area contributed by atoms with E-state index in [0.717, 1.165) is 6.42 Å². The summed E-state index contributed by atoms with van der Waals surface area (Å²) in [5.41, 5.74) is 0.0393. The number of hydrogen-bond donors (Lipinski definition) is 1. The maximum atomic E-state index is 11.1. The van der Waals surface area contributed by atoms with Crippen molar-refractivity contribution in [3.8, 4) is 0 Å². The van der Waals surface area contributed by atoms with E-state index in [1.807, 2.05) is 0 Å². The van der Waals surface area contributed by atoms with Gasteiger partial charge in [-0.25, -0.2) is 0 Å². The first-order valence-electron chi connectivity index (χ1n) is 6.56. The summed E-state index contributed by atoms with van der Waals surface area (Å²) >= 11 is 0. The molecule has 1 heteroatoms. The van der Waals surface area contributed by atoms with E-state index in [1.54, 1.807) is 0 Å². The van der Waals surface area contributed by atoms with Crippen molar-refractivity contribution >= 4 is 0 Å². The fourth-order valence-electron chi connectivity index (χ4n) is 4.17. The fourth-order valence-corrected chi connectivity index (χ4v) is 4.17. The topological polar surface area (TPSA) is 20.2 Å². The van der Waals surface area contributed by atoms with E-state index >= 15 is 0 Å². The Hall–Kier alpha value is -0.0400. The molecular weight excluding hydrogens is 184 g/mol. The molecule has 2 aliphatic rings. The summed E-state index contributed by atoms with van der Waals surface area (Å²) in [5, 5.41) is 11.1. The van der Waals surface area contributed by atoms with E-state index in [4.69, 9.17) is 0 Å². The summed E-state index contributed by atoms with van der Waals surface area (Å²) in [5.74, 6) is 0.482. The molecule has 2 saturated carbocycles. The first-order valence-corrected chi connectivity index (χ1v) is 6.56. The van der Waals surface area contributed by atoms with Gasteiger partial charge in [-0.1, -0.05) is 40.5 Å². The van der Waals surface area contributed by atoms with Crippen LogP contribution in [0, 0.1) is 16.7 Å². The first kappa shape index (κ1) is 11.4. The van der Waals surface area contributed by atoms with Crippen LogP contribution in [-0.2, 0) is 0 Å². The average Bonchev–Trinajstić information content (AvgIpc) is 2.17. The Morgan fingerprint density at radius 3 is 2.20 bits per heavy atom. The van der Waals surface area contributed by atoms with Crippen LogP contribution < -0.4 is 0 Å². The smallest absolute Gasteiger partial charge is 0.0731 e. The Kier molecular flexibility index (Phi) is 2.46. The van der Waals surface area contributed by atoms with Gasteiger partial charge in [0, 0.05) is 5.41 Å². The van der Waals surface area contributed by atoms with Gasteiger partial charge in [0.25, 0.3) is 0 Å². The van der Waals surface area contributed by atoms with Crippen LogP contribution >= 0.6 is 0 Å². The van der Waals surface area contributed by atoms with Crippen molar-refractivity contribution in [1.82, 2.24) is 0 Å². The standard InChI is InChI=1S/C14H26O/c1-11-7-10-12(2,3)13(4)8-5-6-9-14(11,13)15/h11,15H,5-10H2,1-4H3/t11-,13+,14+/m1/s1. The second-order valence-electron chi connectivity index (χ2n) is 6.79. The van der Waals surface area contributed by atoms with Crippen molar-refractivity contribution in [3.63, 3.8) is 0 Å². The molecule has 2 rings (SSSR count). The van der Waals surface area contributed by atoms with Crippen LogP contribution in [0.4, 0.5) is 0 Å². The van der Waals surface area contributed by atoms with Crippen molar-refractivity contribution in [1.29, 1.82) is 0 Å². The van der Waals surface area contributed by atoms with Crippen LogP contribution in [-0.4, -0.2) is 10.7 Å². The first-order chi connectivity index (χ1) is 6.83. The van der Waals surface area contributed by atoms with Gasteiger partial charge in [-0.3, -0.25) is 0 Å². The predicted molar refractivity (Wildman–Crippen MR) is 63.7 cm³/mol. The number of aliphatic hydroxyl groups is 1. The molecule has 0 radical (unpaired) electrons. The van der Waals surface area contributed by atoms with Gasteiger partial charge < -0.3 is 5.11 Å². The Bertz CT molecular complexity index is 258. The Morgan fingerprint density at radius 1 is 1.00 bits per heavy atom. The van der Waals surface area contributed by atoms with E-state index in [1.165, 1.54) is 32.1 Å². The summed E-state index contributed by atoms with van der Waals surface area (Å²) < 4.78 is 0. The van der Waals surface area contributed by atoms with Crippen molar-refractivity contribution in [2.45, 2.75) is 71.8 Å². The Morgan fingerprint density at radius 2 is 1.60 bits per heavy atom. The maximum absolute atomic E-state index is 11.1. The summed E-state index contributed by atoms with van der Waals surface area (Å²) in [4.78, 5) is 0. The van der Waals surface area contributed by atoms with Crippen molar-refractivity contribution in [3.05, 3.63) is 0 Å². The molecule has 0 aromatic carbocycles. The van der Waals surface area contributed by atoms with Crippen LogP contribution in [0.2, 0.25) is 0 Å². The monoisotopic (exact) mass is 210 g/mol. The zero-order valence-corrected chi connectivity index (χ0v) is 10.8. The highest BCUT2D eigenvalue weighted by Crippen LogP contribution is 2.63. The minimum Gasteiger partial charge on any atom is -0.389 e. The van der Waals surface area contributed by atoms with Gasteiger partial charge in [-0.15, -0.1) is 0 Å². The molecule has 1 N–H and O–H groups in total. The SMILES string of the molecule is C[C@@H]1CCC(C)(C)[C@]2(C)CCCC[C@]12O. The van der Waals surface area contributed by atoms with E-state index in [0.29, 0.717) is 11.3 Å². The second kappa shape index (κ2) is 3.23. The lowest BCUT2D eigenvalue weighted by Crippen LogP contribution is -2.62. The van der Waals surface area contributed by atoms with Gasteiger partial charge in [0.15, 0.2) is 0 Å². The molecule has 88 valence electrons. The van der Waals surface area contributed by atoms with Crippen LogP contribution in [0.15, 0.2) is 0 Å². The van der Waals surface area contributed by atoms with Crippen LogP contribution in [0.25, 0.3) is 0 Å². The third kappa shape index (κ3) is 1.32. The number of rotatable bonds is 0. The highest BCUT2D eigenvalue weighted by molar-refractivity contribution is 5.10. The van der Waals surface area contributed by atoms with E-state index in [2.05, 4.69) is 27.7 Å².